The molecule has 0 unspecified atom stereocenters. The summed E-state index contributed by atoms with van der Waals surface area (Å²) in [5, 5.41) is 30.1. The standard InChI is InChI=1S/C7H8N4O3/c8-3-1-2-4-5(6(3)12)11(14)7(9)10(4)13/h1-2,12,14H,8-9H2. The molecule has 0 amide bonds. The van der Waals surface area contributed by atoms with Crippen molar-refractivity contribution in [1.29, 1.82) is 0 Å². The molecular formula is C7H8N4O3. The summed E-state index contributed by atoms with van der Waals surface area (Å²) in [6.07, 6.45) is 0. The van der Waals surface area contributed by atoms with Gasteiger partial charge in [-0.25, -0.2) is 4.73 Å². The second-order valence-electron chi connectivity index (χ2n) is 2.84. The van der Waals surface area contributed by atoms with Gasteiger partial charge >= 0.3 is 5.95 Å². The number of aromatic nitrogens is 2. The fourth-order valence-corrected chi connectivity index (χ4v) is 1.28. The Hall–Kier alpha value is -2.31. The second kappa shape index (κ2) is 2.34. The minimum atomic E-state index is -0.430. The predicted octanol–water partition coefficient (Wildman–Crippen LogP) is -0.618. The number of rotatable bonds is 0. The third kappa shape index (κ3) is 0.777. The smallest absolute Gasteiger partial charge is 0.393 e. The van der Waals surface area contributed by atoms with Crippen LogP contribution in [0.2, 0.25) is 0 Å². The van der Waals surface area contributed by atoms with Crippen molar-refractivity contribution in [3.63, 3.8) is 0 Å². The van der Waals surface area contributed by atoms with Crippen molar-refractivity contribution >= 4 is 22.7 Å². The van der Waals surface area contributed by atoms with Crippen LogP contribution in [0.4, 0.5) is 11.6 Å². The number of nitrogens with two attached hydrogens (primary N) is 2. The van der Waals surface area contributed by atoms with Crippen LogP contribution in [0.5, 0.6) is 5.75 Å². The number of nitrogen functional groups attached to an aromatic ring is 2. The van der Waals surface area contributed by atoms with Gasteiger partial charge < -0.3 is 21.3 Å². The molecule has 1 heterocycles. The SMILES string of the molecule is Nc1ccc2c(c1O)n(O)c(N)[n+]2[O-]. The van der Waals surface area contributed by atoms with Crippen LogP contribution in [0.15, 0.2) is 12.1 Å². The van der Waals surface area contributed by atoms with E-state index < -0.39 is 5.95 Å². The van der Waals surface area contributed by atoms with Crippen molar-refractivity contribution in [1.82, 2.24) is 4.73 Å². The first kappa shape index (κ1) is 8.30. The zero-order valence-electron chi connectivity index (χ0n) is 7.01. The van der Waals surface area contributed by atoms with E-state index in [1.165, 1.54) is 12.1 Å². The van der Waals surface area contributed by atoms with Crippen molar-refractivity contribution in [3.05, 3.63) is 17.3 Å². The lowest BCUT2D eigenvalue weighted by molar-refractivity contribution is -0.563. The molecular weight excluding hydrogens is 188 g/mol. The third-order valence-electron chi connectivity index (χ3n) is 2.02. The Morgan fingerprint density at radius 3 is 2.64 bits per heavy atom. The molecule has 0 atom stereocenters. The zero-order chi connectivity index (χ0) is 10.5. The number of anilines is 2. The van der Waals surface area contributed by atoms with Crippen LogP contribution in [0.3, 0.4) is 0 Å². The lowest BCUT2D eigenvalue weighted by Crippen LogP contribution is -2.29. The van der Waals surface area contributed by atoms with E-state index in [0.717, 1.165) is 0 Å². The van der Waals surface area contributed by atoms with Gasteiger partial charge in [-0.05, 0) is 16.9 Å². The molecule has 0 aliphatic rings. The highest BCUT2D eigenvalue weighted by Gasteiger charge is 2.21. The number of fused-ring (bicyclic) bond motifs is 1. The first-order valence-corrected chi connectivity index (χ1v) is 3.74. The molecule has 14 heavy (non-hydrogen) atoms. The van der Waals surface area contributed by atoms with E-state index in [1.807, 2.05) is 0 Å². The van der Waals surface area contributed by atoms with Crippen LogP contribution in [0.25, 0.3) is 11.0 Å². The Bertz CT molecular complexity index is 519. The van der Waals surface area contributed by atoms with Crippen LogP contribution in [0.1, 0.15) is 0 Å². The van der Waals surface area contributed by atoms with Crippen molar-refractivity contribution in [2.45, 2.75) is 0 Å². The molecule has 0 aliphatic heterocycles. The maximum absolute atomic E-state index is 11.3. The highest BCUT2D eigenvalue weighted by Crippen LogP contribution is 2.29. The van der Waals surface area contributed by atoms with Crippen LogP contribution < -0.4 is 16.2 Å². The molecule has 2 aromatic rings. The largest absolute Gasteiger partial charge is 0.740 e. The number of phenols is 1. The van der Waals surface area contributed by atoms with Gasteiger partial charge in [0.05, 0.1) is 5.69 Å². The number of nitrogens with zero attached hydrogens (tertiary/aromatic N) is 2. The second-order valence-corrected chi connectivity index (χ2v) is 2.84. The molecule has 6 N–H and O–H groups in total. The predicted molar refractivity (Wildman–Crippen MR) is 48.6 cm³/mol. The molecule has 1 aromatic heterocycles. The van der Waals surface area contributed by atoms with E-state index in [2.05, 4.69) is 0 Å². The molecule has 7 heteroatoms. The highest BCUT2D eigenvalue weighted by atomic mass is 16.5. The van der Waals surface area contributed by atoms with Gasteiger partial charge in [-0.3, -0.25) is 5.73 Å². The summed E-state index contributed by atoms with van der Waals surface area (Å²) in [6, 6.07) is 2.71. The Labute approximate surface area is 77.9 Å². The topological polar surface area (TPSA) is 124 Å². The van der Waals surface area contributed by atoms with Gasteiger partial charge in [0.1, 0.15) is 5.52 Å². The number of imidazole rings is 1. The summed E-state index contributed by atoms with van der Waals surface area (Å²) in [4.78, 5) is 0. The Kier molecular flexibility index (Phi) is 1.39. The Morgan fingerprint density at radius 2 is 2.00 bits per heavy atom. The molecule has 1 aromatic carbocycles. The first-order valence-electron chi connectivity index (χ1n) is 3.74. The van der Waals surface area contributed by atoms with Crippen LogP contribution in [-0.2, 0) is 0 Å². The number of hydrogen-bond acceptors (Lipinski definition) is 5. The number of hydrogen-bond donors (Lipinski definition) is 4. The molecule has 0 saturated heterocycles. The fourth-order valence-electron chi connectivity index (χ4n) is 1.28. The van der Waals surface area contributed by atoms with Gasteiger partial charge in [0.25, 0.3) is 0 Å². The molecule has 0 spiro atoms. The van der Waals surface area contributed by atoms with E-state index in [4.69, 9.17) is 11.5 Å². The van der Waals surface area contributed by atoms with Crippen molar-refractivity contribution in [2.75, 3.05) is 11.5 Å². The first-order chi connectivity index (χ1) is 6.54. The van der Waals surface area contributed by atoms with E-state index in [-0.39, 0.29) is 22.5 Å². The van der Waals surface area contributed by atoms with Crippen LogP contribution in [-0.4, -0.2) is 15.0 Å². The van der Waals surface area contributed by atoms with Gasteiger partial charge in [-0.1, -0.05) is 0 Å². The molecule has 0 bridgehead atoms. The molecule has 2 rings (SSSR count). The average molecular weight is 196 g/mol. The van der Waals surface area contributed by atoms with Gasteiger partial charge in [-0.2, -0.15) is 0 Å². The van der Waals surface area contributed by atoms with Crippen LogP contribution >= 0.6 is 0 Å². The molecule has 7 nitrogen and oxygen atoms in total. The van der Waals surface area contributed by atoms with E-state index in [1.54, 1.807) is 0 Å². The average Bonchev–Trinajstić information content (AvgIpc) is 2.38. The summed E-state index contributed by atoms with van der Waals surface area (Å²) in [5.74, 6) is -0.799. The molecule has 0 fully saturated rings. The minimum Gasteiger partial charge on any atom is -0.740 e. The summed E-state index contributed by atoms with van der Waals surface area (Å²) < 4.78 is 0.697. The van der Waals surface area contributed by atoms with Gasteiger partial charge in [0.15, 0.2) is 5.75 Å². The summed E-state index contributed by atoms with van der Waals surface area (Å²) in [7, 11) is 0. The lowest BCUT2D eigenvalue weighted by Gasteiger charge is -2.00. The molecule has 0 radical (unpaired) electrons. The summed E-state index contributed by atoms with van der Waals surface area (Å²) in [6.45, 7) is 0. The van der Waals surface area contributed by atoms with Gasteiger partial charge in [0, 0.05) is 0 Å². The number of phenolic OH excluding ortho intramolecular Hbond substituents is 1. The molecule has 74 valence electrons. The fraction of sp³-hybridized carbons (Fsp3) is 0. The minimum absolute atomic E-state index is 0.0525. The van der Waals surface area contributed by atoms with Crippen molar-refractivity contribution in [3.8, 4) is 5.75 Å². The van der Waals surface area contributed by atoms with Gasteiger partial charge in [-0.15, -0.1) is 0 Å². The van der Waals surface area contributed by atoms with Crippen LogP contribution in [0, 0.1) is 5.21 Å². The molecule has 0 aliphatic carbocycles. The highest BCUT2D eigenvalue weighted by molar-refractivity contribution is 5.86. The summed E-state index contributed by atoms with van der Waals surface area (Å²) >= 11 is 0. The number of benzene rings is 1. The van der Waals surface area contributed by atoms with Gasteiger partial charge in [0.2, 0.25) is 5.52 Å². The number of aromatic hydroxyl groups is 1. The van der Waals surface area contributed by atoms with E-state index in [9.17, 15) is 15.5 Å². The van der Waals surface area contributed by atoms with E-state index >= 15 is 0 Å². The maximum Gasteiger partial charge on any atom is 0.393 e. The van der Waals surface area contributed by atoms with Crippen molar-refractivity contribution in [2.24, 2.45) is 0 Å². The monoisotopic (exact) mass is 196 g/mol. The molecule has 0 saturated carbocycles. The normalized spacial score (nSPS) is 10.9. The van der Waals surface area contributed by atoms with E-state index in [0.29, 0.717) is 9.46 Å². The lowest BCUT2D eigenvalue weighted by atomic mass is 10.2. The third-order valence-corrected chi connectivity index (χ3v) is 2.02. The Morgan fingerprint density at radius 1 is 1.36 bits per heavy atom. The van der Waals surface area contributed by atoms with Crippen molar-refractivity contribution < 1.29 is 15.0 Å². The maximum atomic E-state index is 11.3. The quantitative estimate of drug-likeness (QED) is 0.147. The Balaban J connectivity index is 3.03. The zero-order valence-corrected chi connectivity index (χ0v) is 7.01. The summed E-state index contributed by atoms with van der Waals surface area (Å²) in [5.41, 5.74) is 10.6.